The summed E-state index contributed by atoms with van der Waals surface area (Å²) in [6.07, 6.45) is 4.09. The van der Waals surface area contributed by atoms with Crippen LogP contribution in [-0.2, 0) is 14.3 Å². The van der Waals surface area contributed by atoms with Crippen molar-refractivity contribution >= 4 is 11.9 Å². The van der Waals surface area contributed by atoms with Crippen LogP contribution in [-0.4, -0.2) is 11.9 Å². The standard InChI is InChI=1S/C6H3NO3/c1-2-5(8)10-6(9)3-4-7/h1H,3H2. The van der Waals surface area contributed by atoms with Crippen LogP contribution in [0.25, 0.3) is 0 Å². The summed E-state index contributed by atoms with van der Waals surface area (Å²) in [6.45, 7) is 0. The van der Waals surface area contributed by atoms with Crippen LogP contribution >= 0.6 is 0 Å². The van der Waals surface area contributed by atoms with Gasteiger partial charge in [-0.15, -0.1) is 6.42 Å². The molecule has 0 aliphatic rings. The van der Waals surface area contributed by atoms with Crippen LogP contribution in [0.15, 0.2) is 0 Å². The lowest BCUT2D eigenvalue weighted by Gasteiger charge is -1.90. The summed E-state index contributed by atoms with van der Waals surface area (Å²) in [6, 6.07) is 1.50. The van der Waals surface area contributed by atoms with Gasteiger partial charge in [-0.3, -0.25) is 4.79 Å². The third-order valence-corrected chi connectivity index (χ3v) is 0.548. The first-order valence-electron chi connectivity index (χ1n) is 2.29. The van der Waals surface area contributed by atoms with E-state index in [9.17, 15) is 9.59 Å². The predicted octanol–water partition coefficient (Wildman–Crippen LogP) is -0.397. The normalized spacial score (nSPS) is 7.00. The second-order valence-electron chi connectivity index (χ2n) is 1.24. The number of carbonyl (C=O) groups is 2. The van der Waals surface area contributed by atoms with E-state index in [-0.39, 0.29) is 0 Å². The van der Waals surface area contributed by atoms with Gasteiger partial charge in [-0.1, -0.05) is 0 Å². The van der Waals surface area contributed by atoms with E-state index in [1.807, 2.05) is 0 Å². The van der Waals surface area contributed by atoms with Gasteiger partial charge >= 0.3 is 11.9 Å². The second-order valence-corrected chi connectivity index (χ2v) is 1.24. The van der Waals surface area contributed by atoms with E-state index in [2.05, 4.69) is 11.2 Å². The zero-order valence-corrected chi connectivity index (χ0v) is 4.96. The summed E-state index contributed by atoms with van der Waals surface area (Å²) in [7, 11) is 0. The molecule has 0 aliphatic heterocycles. The number of ether oxygens (including phenoxy) is 1. The van der Waals surface area contributed by atoms with Crippen molar-refractivity contribution in [2.45, 2.75) is 6.42 Å². The van der Waals surface area contributed by atoms with Crippen molar-refractivity contribution < 1.29 is 14.3 Å². The first-order valence-corrected chi connectivity index (χ1v) is 2.29. The SMILES string of the molecule is C#CC(=O)OC(=O)CC#N. The second kappa shape index (κ2) is 4.11. The van der Waals surface area contributed by atoms with Gasteiger partial charge in [-0.2, -0.15) is 5.26 Å². The molecule has 10 heavy (non-hydrogen) atoms. The summed E-state index contributed by atoms with van der Waals surface area (Å²) in [5.41, 5.74) is 0. The summed E-state index contributed by atoms with van der Waals surface area (Å²) >= 11 is 0. The van der Waals surface area contributed by atoms with Crippen LogP contribution < -0.4 is 0 Å². The minimum absolute atomic E-state index is 0.465. The van der Waals surface area contributed by atoms with Crippen LogP contribution in [0.5, 0.6) is 0 Å². The number of nitriles is 1. The van der Waals surface area contributed by atoms with E-state index in [1.54, 1.807) is 5.92 Å². The maximum atomic E-state index is 10.3. The third kappa shape index (κ3) is 3.23. The first-order chi connectivity index (χ1) is 4.70. The summed E-state index contributed by atoms with van der Waals surface area (Å²) in [5.74, 6) is -0.432. The van der Waals surface area contributed by atoms with Gasteiger partial charge in [-0.25, -0.2) is 4.79 Å². The molecular formula is C6H3NO3. The fraction of sp³-hybridized carbons (Fsp3) is 0.167. The van der Waals surface area contributed by atoms with Gasteiger partial charge in [0.1, 0.15) is 6.42 Å². The Hall–Kier alpha value is -1.81. The fourth-order valence-electron chi connectivity index (χ4n) is 0.233. The summed E-state index contributed by atoms with van der Waals surface area (Å²) in [4.78, 5) is 20.4. The quantitative estimate of drug-likeness (QED) is 0.213. The smallest absolute Gasteiger partial charge is 0.382 e. The predicted molar refractivity (Wildman–Crippen MR) is 30.2 cm³/mol. The maximum Gasteiger partial charge on any atom is 0.391 e. The molecule has 0 fully saturated rings. The molecule has 0 unspecified atom stereocenters. The highest BCUT2D eigenvalue weighted by Crippen LogP contribution is 1.83. The molecule has 0 aromatic heterocycles. The minimum atomic E-state index is -1.07. The van der Waals surface area contributed by atoms with Crippen LogP contribution in [0.2, 0.25) is 0 Å². The number of terminal acetylenes is 1. The Labute approximate surface area is 57.4 Å². The monoisotopic (exact) mass is 137 g/mol. The Kier molecular flexibility index (Phi) is 3.36. The molecular weight excluding hydrogens is 134 g/mol. The van der Waals surface area contributed by atoms with Crippen molar-refractivity contribution in [1.29, 1.82) is 5.26 Å². The van der Waals surface area contributed by atoms with Crippen molar-refractivity contribution in [3.63, 3.8) is 0 Å². The van der Waals surface area contributed by atoms with Gasteiger partial charge in [0.2, 0.25) is 0 Å². The van der Waals surface area contributed by atoms with Crippen LogP contribution in [0, 0.1) is 23.7 Å². The first kappa shape index (κ1) is 8.19. The van der Waals surface area contributed by atoms with Gasteiger partial charge < -0.3 is 4.74 Å². The molecule has 0 heterocycles. The largest absolute Gasteiger partial charge is 0.391 e. The Morgan fingerprint density at radius 1 is 1.60 bits per heavy atom. The highest BCUT2D eigenvalue weighted by molar-refractivity contribution is 5.96. The Balaban J connectivity index is 3.74. The van der Waals surface area contributed by atoms with Gasteiger partial charge in [-0.05, 0) is 0 Å². The molecule has 0 saturated carbocycles. The molecule has 50 valence electrons. The van der Waals surface area contributed by atoms with E-state index < -0.39 is 18.4 Å². The molecule has 0 spiro atoms. The van der Waals surface area contributed by atoms with Crippen LogP contribution in [0.1, 0.15) is 6.42 Å². The molecule has 0 rings (SSSR count). The highest BCUT2D eigenvalue weighted by atomic mass is 16.6. The Morgan fingerprint density at radius 2 is 2.20 bits per heavy atom. The number of hydrogen-bond acceptors (Lipinski definition) is 4. The number of hydrogen-bond donors (Lipinski definition) is 0. The van der Waals surface area contributed by atoms with E-state index >= 15 is 0 Å². The average Bonchev–Trinajstić information content (AvgIpc) is 1.88. The molecule has 0 saturated heterocycles. The molecule has 4 heteroatoms. The average molecular weight is 137 g/mol. The van der Waals surface area contributed by atoms with Crippen LogP contribution in [0.3, 0.4) is 0 Å². The fourth-order valence-corrected chi connectivity index (χ4v) is 0.233. The van der Waals surface area contributed by atoms with Crippen molar-refractivity contribution in [2.24, 2.45) is 0 Å². The van der Waals surface area contributed by atoms with Crippen molar-refractivity contribution in [3.05, 3.63) is 0 Å². The van der Waals surface area contributed by atoms with Crippen molar-refractivity contribution in [3.8, 4) is 18.4 Å². The van der Waals surface area contributed by atoms with Gasteiger partial charge in [0.25, 0.3) is 0 Å². The third-order valence-electron chi connectivity index (χ3n) is 0.548. The van der Waals surface area contributed by atoms with Crippen molar-refractivity contribution in [1.82, 2.24) is 0 Å². The lowest BCUT2D eigenvalue weighted by Crippen LogP contribution is -2.08. The Bertz CT molecular complexity index is 230. The molecule has 0 atom stereocenters. The molecule has 0 aromatic carbocycles. The van der Waals surface area contributed by atoms with E-state index in [0.29, 0.717) is 0 Å². The molecule has 0 N–H and O–H groups in total. The highest BCUT2D eigenvalue weighted by Gasteiger charge is 2.05. The molecule has 0 amide bonds. The number of nitrogens with zero attached hydrogens (tertiary/aromatic N) is 1. The molecule has 0 aliphatic carbocycles. The molecule has 0 bridgehead atoms. The summed E-state index contributed by atoms with van der Waals surface area (Å²) < 4.78 is 3.90. The van der Waals surface area contributed by atoms with E-state index in [1.165, 1.54) is 6.07 Å². The van der Waals surface area contributed by atoms with Crippen molar-refractivity contribution in [2.75, 3.05) is 0 Å². The molecule has 0 radical (unpaired) electrons. The van der Waals surface area contributed by atoms with Gasteiger partial charge in [0, 0.05) is 5.92 Å². The number of esters is 2. The Morgan fingerprint density at radius 3 is 2.60 bits per heavy atom. The van der Waals surface area contributed by atoms with Gasteiger partial charge in [0.15, 0.2) is 0 Å². The topological polar surface area (TPSA) is 67.2 Å². The molecule has 0 aromatic rings. The van der Waals surface area contributed by atoms with E-state index in [4.69, 9.17) is 5.26 Å². The maximum absolute atomic E-state index is 10.3. The minimum Gasteiger partial charge on any atom is -0.382 e. The number of carbonyl (C=O) groups excluding carboxylic acids is 2. The van der Waals surface area contributed by atoms with Gasteiger partial charge in [0.05, 0.1) is 6.07 Å². The molecule has 4 nitrogen and oxygen atoms in total. The van der Waals surface area contributed by atoms with Crippen LogP contribution in [0.4, 0.5) is 0 Å². The lowest BCUT2D eigenvalue weighted by atomic mass is 10.5. The lowest BCUT2D eigenvalue weighted by molar-refractivity contribution is -0.154. The zero-order chi connectivity index (χ0) is 7.98. The zero-order valence-electron chi connectivity index (χ0n) is 4.96. The number of rotatable bonds is 1. The summed E-state index contributed by atoms with van der Waals surface area (Å²) in [5, 5.41) is 7.91. The van der Waals surface area contributed by atoms with E-state index in [0.717, 1.165) is 0 Å².